The third kappa shape index (κ3) is 4.19. The molecule has 0 aliphatic carbocycles. The number of benzene rings is 1. The standard InChI is InChI=1S/C16H26N4O/c1-12(2)20-7-8-21-15(11-20)10-19(3)14-6-4-5-13(9-14)16(17)18/h4-6,9,12,15H,7-8,10-11H2,1-3H3,(H3,17,18). The predicted molar refractivity (Wildman–Crippen MR) is 87.2 cm³/mol. The van der Waals surface area contributed by atoms with Crippen molar-refractivity contribution < 1.29 is 4.74 Å². The Morgan fingerprint density at radius 3 is 2.95 bits per heavy atom. The largest absolute Gasteiger partial charge is 0.384 e. The van der Waals surface area contributed by atoms with Gasteiger partial charge in [-0.1, -0.05) is 12.1 Å². The van der Waals surface area contributed by atoms with Gasteiger partial charge in [0.25, 0.3) is 0 Å². The molecule has 1 aromatic rings. The molecule has 0 spiro atoms. The molecule has 3 N–H and O–H groups in total. The van der Waals surface area contributed by atoms with Crippen LogP contribution in [0.5, 0.6) is 0 Å². The monoisotopic (exact) mass is 290 g/mol. The van der Waals surface area contributed by atoms with Crippen molar-refractivity contribution in [1.82, 2.24) is 4.90 Å². The van der Waals surface area contributed by atoms with Crippen LogP contribution in [-0.2, 0) is 4.74 Å². The fraction of sp³-hybridized carbons (Fsp3) is 0.562. The summed E-state index contributed by atoms with van der Waals surface area (Å²) in [5.74, 6) is 0.102. The lowest BCUT2D eigenvalue weighted by molar-refractivity contribution is -0.0338. The predicted octanol–water partition coefficient (Wildman–Crippen LogP) is 1.52. The number of likely N-dealkylation sites (N-methyl/N-ethyl adjacent to an activating group) is 1. The summed E-state index contributed by atoms with van der Waals surface area (Å²) in [6, 6.07) is 8.34. The van der Waals surface area contributed by atoms with Crippen molar-refractivity contribution in [2.75, 3.05) is 38.2 Å². The average Bonchev–Trinajstić information content (AvgIpc) is 2.47. The lowest BCUT2D eigenvalue weighted by atomic mass is 10.1. The van der Waals surface area contributed by atoms with E-state index in [1.54, 1.807) is 0 Å². The third-order valence-corrected chi connectivity index (χ3v) is 3.98. The molecule has 0 aromatic heterocycles. The molecule has 1 atom stereocenters. The summed E-state index contributed by atoms with van der Waals surface area (Å²) in [6.07, 6.45) is 0.215. The number of hydrogen-bond donors (Lipinski definition) is 2. The van der Waals surface area contributed by atoms with E-state index in [0.717, 1.165) is 37.5 Å². The normalized spacial score (nSPS) is 19.7. The number of amidine groups is 1. The maximum Gasteiger partial charge on any atom is 0.122 e. The van der Waals surface area contributed by atoms with E-state index in [2.05, 4.69) is 30.7 Å². The van der Waals surface area contributed by atoms with Crippen LogP contribution in [0.2, 0.25) is 0 Å². The van der Waals surface area contributed by atoms with Gasteiger partial charge in [0.15, 0.2) is 0 Å². The number of nitrogens with zero attached hydrogens (tertiary/aromatic N) is 2. The lowest BCUT2D eigenvalue weighted by Crippen LogP contribution is -2.49. The van der Waals surface area contributed by atoms with Gasteiger partial charge in [-0.05, 0) is 26.0 Å². The molecular weight excluding hydrogens is 264 g/mol. The molecule has 1 heterocycles. The van der Waals surface area contributed by atoms with Crippen molar-refractivity contribution in [2.24, 2.45) is 5.73 Å². The Morgan fingerprint density at radius 2 is 2.29 bits per heavy atom. The van der Waals surface area contributed by atoms with E-state index in [4.69, 9.17) is 15.9 Å². The zero-order valence-electron chi connectivity index (χ0n) is 13.2. The highest BCUT2D eigenvalue weighted by Gasteiger charge is 2.23. The van der Waals surface area contributed by atoms with Crippen molar-refractivity contribution in [2.45, 2.75) is 26.0 Å². The fourth-order valence-electron chi connectivity index (χ4n) is 2.64. The number of nitrogens with one attached hydrogen (secondary N) is 1. The van der Waals surface area contributed by atoms with Crippen LogP contribution in [0.25, 0.3) is 0 Å². The van der Waals surface area contributed by atoms with E-state index >= 15 is 0 Å². The minimum Gasteiger partial charge on any atom is -0.384 e. The zero-order valence-corrected chi connectivity index (χ0v) is 13.2. The molecule has 5 nitrogen and oxygen atoms in total. The van der Waals surface area contributed by atoms with Crippen LogP contribution in [0.15, 0.2) is 24.3 Å². The highest BCUT2D eigenvalue weighted by Crippen LogP contribution is 2.17. The molecule has 1 aliphatic heterocycles. The summed E-state index contributed by atoms with van der Waals surface area (Å²) < 4.78 is 5.88. The average molecular weight is 290 g/mol. The molecule has 1 saturated heterocycles. The van der Waals surface area contributed by atoms with Gasteiger partial charge in [0.1, 0.15) is 5.84 Å². The molecule has 1 aliphatic rings. The fourth-order valence-corrected chi connectivity index (χ4v) is 2.64. The van der Waals surface area contributed by atoms with Crippen molar-refractivity contribution in [3.63, 3.8) is 0 Å². The van der Waals surface area contributed by atoms with Gasteiger partial charge in [-0.25, -0.2) is 0 Å². The van der Waals surface area contributed by atoms with Crippen LogP contribution in [0, 0.1) is 5.41 Å². The maximum absolute atomic E-state index is 7.53. The number of rotatable bonds is 5. The molecule has 5 heteroatoms. The first-order valence-electron chi connectivity index (χ1n) is 7.48. The quantitative estimate of drug-likeness (QED) is 0.637. The Hall–Kier alpha value is -1.59. The van der Waals surface area contributed by atoms with Gasteiger partial charge in [-0.15, -0.1) is 0 Å². The summed E-state index contributed by atoms with van der Waals surface area (Å²) in [5, 5.41) is 7.53. The van der Waals surface area contributed by atoms with Crippen molar-refractivity contribution in [3.8, 4) is 0 Å². The molecule has 1 unspecified atom stereocenters. The van der Waals surface area contributed by atoms with Gasteiger partial charge < -0.3 is 15.4 Å². The minimum absolute atomic E-state index is 0.102. The Kier molecular flexibility index (Phi) is 5.20. The van der Waals surface area contributed by atoms with E-state index in [-0.39, 0.29) is 11.9 Å². The van der Waals surface area contributed by atoms with Gasteiger partial charge in [-0.2, -0.15) is 0 Å². The topological polar surface area (TPSA) is 65.6 Å². The minimum atomic E-state index is 0.102. The van der Waals surface area contributed by atoms with Gasteiger partial charge in [0.05, 0.1) is 12.7 Å². The molecule has 0 radical (unpaired) electrons. The highest BCUT2D eigenvalue weighted by molar-refractivity contribution is 5.95. The van der Waals surface area contributed by atoms with Crippen molar-refractivity contribution >= 4 is 11.5 Å². The molecule has 0 amide bonds. The SMILES string of the molecule is CC(C)N1CCOC(CN(C)c2cccc(C(=N)N)c2)C1. The maximum atomic E-state index is 7.53. The van der Waals surface area contributed by atoms with Crippen LogP contribution in [0.3, 0.4) is 0 Å². The van der Waals surface area contributed by atoms with Gasteiger partial charge in [-0.3, -0.25) is 10.3 Å². The Morgan fingerprint density at radius 1 is 1.52 bits per heavy atom. The van der Waals surface area contributed by atoms with Crippen LogP contribution in [0.4, 0.5) is 5.69 Å². The van der Waals surface area contributed by atoms with E-state index in [1.165, 1.54) is 0 Å². The number of nitrogen functional groups attached to an aromatic ring is 1. The molecule has 0 bridgehead atoms. The van der Waals surface area contributed by atoms with E-state index < -0.39 is 0 Å². The van der Waals surface area contributed by atoms with E-state index in [9.17, 15) is 0 Å². The van der Waals surface area contributed by atoms with Crippen molar-refractivity contribution in [3.05, 3.63) is 29.8 Å². The first-order chi connectivity index (χ1) is 9.97. The number of ether oxygens (including phenoxy) is 1. The molecular formula is C16H26N4O. The summed E-state index contributed by atoms with van der Waals surface area (Å²) in [6.45, 7) is 8.06. The smallest absolute Gasteiger partial charge is 0.122 e. The number of nitrogens with two attached hydrogens (primary N) is 1. The van der Waals surface area contributed by atoms with Gasteiger partial charge in [0.2, 0.25) is 0 Å². The number of hydrogen-bond acceptors (Lipinski definition) is 4. The summed E-state index contributed by atoms with van der Waals surface area (Å²) in [7, 11) is 2.05. The third-order valence-electron chi connectivity index (χ3n) is 3.98. The van der Waals surface area contributed by atoms with Gasteiger partial charge in [0, 0.05) is 44.0 Å². The lowest BCUT2D eigenvalue weighted by Gasteiger charge is -2.37. The van der Waals surface area contributed by atoms with Gasteiger partial charge >= 0.3 is 0 Å². The molecule has 0 saturated carbocycles. The summed E-state index contributed by atoms with van der Waals surface area (Å²) in [4.78, 5) is 4.62. The number of anilines is 1. The first kappa shape index (κ1) is 15.8. The summed E-state index contributed by atoms with van der Waals surface area (Å²) in [5.41, 5.74) is 7.37. The van der Waals surface area contributed by atoms with Crippen molar-refractivity contribution in [1.29, 1.82) is 5.41 Å². The molecule has 2 rings (SSSR count). The van der Waals surface area contributed by atoms with Crippen LogP contribution >= 0.6 is 0 Å². The second-order valence-electron chi connectivity index (χ2n) is 5.93. The second-order valence-corrected chi connectivity index (χ2v) is 5.93. The molecule has 116 valence electrons. The Balaban J connectivity index is 1.99. The van der Waals surface area contributed by atoms with Crippen LogP contribution in [0.1, 0.15) is 19.4 Å². The second kappa shape index (κ2) is 6.91. The van der Waals surface area contributed by atoms with Crippen LogP contribution in [-0.4, -0.2) is 56.2 Å². The molecule has 1 aromatic carbocycles. The number of morpholine rings is 1. The highest BCUT2D eigenvalue weighted by atomic mass is 16.5. The molecule has 1 fully saturated rings. The zero-order chi connectivity index (χ0) is 15.4. The van der Waals surface area contributed by atoms with E-state index in [0.29, 0.717) is 6.04 Å². The Labute approximate surface area is 127 Å². The van der Waals surface area contributed by atoms with E-state index in [1.807, 2.05) is 24.3 Å². The first-order valence-corrected chi connectivity index (χ1v) is 7.48. The Bertz CT molecular complexity index is 489. The summed E-state index contributed by atoms with van der Waals surface area (Å²) >= 11 is 0. The van der Waals surface area contributed by atoms with Crippen LogP contribution < -0.4 is 10.6 Å². The molecule has 21 heavy (non-hydrogen) atoms.